The van der Waals surface area contributed by atoms with E-state index in [-0.39, 0.29) is 11.8 Å². The van der Waals surface area contributed by atoms with Crippen molar-refractivity contribution in [3.05, 3.63) is 0 Å². The Bertz CT molecular complexity index is 315. The van der Waals surface area contributed by atoms with Crippen LogP contribution in [0.1, 0.15) is 26.2 Å². The average molecular weight is 263 g/mol. The molecule has 1 aliphatic carbocycles. The first-order valence-corrected chi connectivity index (χ1v) is 7.95. The fourth-order valence-corrected chi connectivity index (χ4v) is 2.91. The van der Waals surface area contributed by atoms with Gasteiger partial charge in [-0.15, -0.1) is 0 Å². The molecule has 0 radical (unpaired) electrons. The number of sulfonamides is 1. The summed E-state index contributed by atoms with van der Waals surface area (Å²) in [7, 11) is 0.789. The molecule has 102 valence electrons. The van der Waals surface area contributed by atoms with E-state index in [1.165, 1.54) is 12.8 Å². The third kappa shape index (κ3) is 5.81. The Morgan fingerprint density at radius 1 is 1.41 bits per heavy atom. The summed E-state index contributed by atoms with van der Waals surface area (Å²) in [6.45, 7) is 3.31. The SMILES string of the molecule is CNCCCS(=O)(=O)NCC(C)N(C)C1CC1. The molecule has 1 unspecified atom stereocenters. The second-order valence-electron chi connectivity index (χ2n) is 4.87. The first-order chi connectivity index (χ1) is 7.96. The highest BCUT2D eigenvalue weighted by molar-refractivity contribution is 7.89. The normalized spacial score (nSPS) is 18.6. The minimum Gasteiger partial charge on any atom is -0.320 e. The van der Waals surface area contributed by atoms with Crippen LogP contribution < -0.4 is 10.0 Å². The Morgan fingerprint density at radius 2 is 2.06 bits per heavy atom. The van der Waals surface area contributed by atoms with Crippen molar-refractivity contribution in [3.8, 4) is 0 Å². The Balaban J connectivity index is 2.23. The third-order valence-corrected chi connectivity index (χ3v) is 4.69. The highest BCUT2D eigenvalue weighted by Gasteiger charge is 2.29. The highest BCUT2D eigenvalue weighted by Crippen LogP contribution is 2.26. The number of hydrogen-bond donors (Lipinski definition) is 2. The van der Waals surface area contributed by atoms with E-state index in [9.17, 15) is 8.42 Å². The van der Waals surface area contributed by atoms with Crippen molar-refractivity contribution in [1.82, 2.24) is 14.9 Å². The first kappa shape index (κ1) is 14.9. The van der Waals surface area contributed by atoms with Crippen molar-refractivity contribution in [1.29, 1.82) is 0 Å². The molecule has 1 saturated carbocycles. The van der Waals surface area contributed by atoms with Crippen LogP contribution in [0.4, 0.5) is 0 Å². The Kier molecular flexibility index (Phi) is 5.85. The second-order valence-corrected chi connectivity index (χ2v) is 6.80. The Hall–Kier alpha value is -0.170. The van der Waals surface area contributed by atoms with Gasteiger partial charge in [0.15, 0.2) is 0 Å². The summed E-state index contributed by atoms with van der Waals surface area (Å²) in [5, 5.41) is 2.95. The van der Waals surface area contributed by atoms with Crippen molar-refractivity contribution < 1.29 is 8.42 Å². The molecular weight excluding hydrogens is 238 g/mol. The molecule has 0 aliphatic heterocycles. The van der Waals surface area contributed by atoms with Crippen LogP contribution in [0.25, 0.3) is 0 Å². The zero-order chi connectivity index (χ0) is 12.9. The van der Waals surface area contributed by atoms with Crippen molar-refractivity contribution in [2.75, 3.05) is 32.9 Å². The van der Waals surface area contributed by atoms with Crippen molar-refractivity contribution in [2.24, 2.45) is 0 Å². The van der Waals surface area contributed by atoms with Crippen molar-refractivity contribution >= 4 is 10.0 Å². The number of rotatable bonds is 9. The van der Waals surface area contributed by atoms with Gasteiger partial charge in [0.05, 0.1) is 5.75 Å². The Morgan fingerprint density at radius 3 is 2.59 bits per heavy atom. The summed E-state index contributed by atoms with van der Waals surface area (Å²) in [4.78, 5) is 2.26. The molecule has 0 heterocycles. The zero-order valence-electron chi connectivity index (χ0n) is 11.1. The van der Waals surface area contributed by atoms with Gasteiger partial charge >= 0.3 is 0 Å². The van der Waals surface area contributed by atoms with Crippen molar-refractivity contribution in [3.63, 3.8) is 0 Å². The summed E-state index contributed by atoms with van der Waals surface area (Å²) >= 11 is 0. The highest BCUT2D eigenvalue weighted by atomic mass is 32.2. The van der Waals surface area contributed by atoms with Gasteiger partial charge in [0.1, 0.15) is 0 Å². The summed E-state index contributed by atoms with van der Waals surface area (Å²) < 4.78 is 26.0. The third-order valence-electron chi connectivity index (χ3n) is 3.26. The van der Waals surface area contributed by atoms with Gasteiger partial charge in [0.25, 0.3) is 0 Å². The minimum atomic E-state index is -3.10. The number of hydrogen-bond acceptors (Lipinski definition) is 4. The molecule has 0 amide bonds. The topological polar surface area (TPSA) is 61.4 Å². The number of nitrogens with zero attached hydrogens (tertiary/aromatic N) is 1. The van der Waals surface area contributed by atoms with E-state index >= 15 is 0 Å². The number of nitrogens with one attached hydrogen (secondary N) is 2. The van der Waals surface area contributed by atoms with Gasteiger partial charge in [-0.1, -0.05) is 0 Å². The van der Waals surface area contributed by atoms with Crippen LogP contribution in [-0.2, 0) is 10.0 Å². The predicted molar refractivity (Wildman–Crippen MR) is 70.6 cm³/mol. The molecule has 0 aromatic rings. The lowest BCUT2D eigenvalue weighted by molar-refractivity contribution is 0.248. The summed E-state index contributed by atoms with van der Waals surface area (Å²) in [6.07, 6.45) is 3.14. The summed E-state index contributed by atoms with van der Waals surface area (Å²) in [6, 6.07) is 0.931. The van der Waals surface area contributed by atoms with Gasteiger partial charge in [0.2, 0.25) is 10.0 Å². The lowest BCUT2D eigenvalue weighted by Gasteiger charge is -2.24. The van der Waals surface area contributed by atoms with Crippen LogP contribution in [0.5, 0.6) is 0 Å². The van der Waals surface area contributed by atoms with Gasteiger partial charge in [-0.2, -0.15) is 0 Å². The minimum absolute atomic E-state index is 0.202. The van der Waals surface area contributed by atoms with Gasteiger partial charge in [0, 0.05) is 18.6 Å². The lowest BCUT2D eigenvalue weighted by Crippen LogP contribution is -2.41. The molecule has 6 heteroatoms. The standard InChI is InChI=1S/C11H25N3O2S/c1-10(14(3)11-5-6-11)9-13-17(15,16)8-4-7-12-2/h10-13H,4-9H2,1-3H3. The predicted octanol–water partition coefficient (Wildman–Crippen LogP) is -0.00200. The lowest BCUT2D eigenvalue weighted by atomic mass is 10.3. The maximum atomic E-state index is 11.7. The molecular formula is C11H25N3O2S. The quantitative estimate of drug-likeness (QED) is 0.575. The molecule has 2 N–H and O–H groups in total. The molecule has 0 aromatic carbocycles. The monoisotopic (exact) mass is 263 g/mol. The zero-order valence-corrected chi connectivity index (χ0v) is 11.9. The van der Waals surface area contributed by atoms with E-state index < -0.39 is 10.0 Å². The molecule has 1 atom stereocenters. The summed E-state index contributed by atoms with van der Waals surface area (Å²) in [5.74, 6) is 0.202. The molecule has 1 rings (SSSR count). The van der Waals surface area contributed by atoms with Gasteiger partial charge in [-0.25, -0.2) is 13.1 Å². The van der Waals surface area contributed by atoms with Gasteiger partial charge in [-0.05, 0) is 46.8 Å². The van der Waals surface area contributed by atoms with E-state index in [2.05, 4.69) is 28.9 Å². The van der Waals surface area contributed by atoms with Crippen LogP contribution >= 0.6 is 0 Å². The maximum Gasteiger partial charge on any atom is 0.211 e. The van der Waals surface area contributed by atoms with Crippen LogP contribution in [0.15, 0.2) is 0 Å². The fraction of sp³-hybridized carbons (Fsp3) is 1.00. The summed E-state index contributed by atoms with van der Waals surface area (Å²) in [5.41, 5.74) is 0. The molecule has 0 saturated heterocycles. The first-order valence-electron chi connectivity index (χ1n) is 6.30. The molecule has 0 spiro atoms. The van der Waals surface area contributed by atoms with Crippen LogP contribution in [0.2, 0.25) is 0 Å². The maximum absolute atomic E-state index is 11.7. The van der Waals surface area contributed by atoms with E-state index in [0.29, 0.717) is 19.0 Å². The molecule has 1 fully saturated rings. The van der Waals surface area contributed by atoms with E-state index in [1.54, 1.807) is 0 Å². The fourth-order valence-electron chi connectivity index (χ4n) is 1.74. The molecule has 5 nitrogen and oxygen atoms in total. The smallest absolute Gasteiger partial charge is 0.211 e. The second kappa shape index (κ2) is 6.68. The van der Waals surface area contributed by atoms with E-state index in [4.69, 9.17) is 0 Å². The van der Waals surface area contributed by atoms with Gasteiger partial charge < -0.3 is 5.32 Å². The van der Waals surface area contributed by atoms with Crippen LogP contribution in [0.3, 0.4) is 0 Å². The molecule has 17 heavy (non-hydrogen) atoms. The van der Waals surface area contributed by atoms with Crippen LogP contribution in [-0.4, -0.2) is 58.3 Å². The van der Waals surface area contributed by atoms with Gasteiger partial charge in [-0.3, -0.25) is 4.90 Å². The van der Waals surface area contributed by atoms with Crippen LogP contribution in [0, 0.1) is 0 Å². The largest absolute Gasteiger partial charge is 0.320 e. The molecule has 0 bridgehead atoms. The number of likely N-dealkylation sites (N-methyl/N-ethyl adjacent to an activating group) is 1. The Labute approximate surface area is 105 Å². The molecule has 0 aromatic heterocycles. The van der Waals surface area contributed by atoms with Crippen molar-refractivity contribution in [2.45, 2.75) is 38.3 Å². The van der Waals surface area contributed by atoms with E-state index in [0.717, 1.165) is 6.54 Å². The average Bonchev–Trinajstić information content (AvgIpc) is 3.09. The van der Waals surface area contributed by atoms with E-state index in [1.807, 2.05) is 7.05 Å². The molecule has 1 aliphatic rings.